The Balaban J connectivity index is 2.63. The van der Waals surface area contributed by atoms with Crippen LogP contribution in [0.2, 0.25) is 0 Å². The van der Waals surface area contributed by atoms with Crippen molar-refractivity contribution in [3.05, 3.63) is 35.4 Å². The Morgan fingerprint density at radius 2 is 1.92 bits per heavy atom. The number of carbonyl (C=O) groups excluding carboxylic acids is 1. The van der Waals surface area contributed by atoms with E-state index in [1.807, 2.05) is 0 Å². The van der Waals surface area contributed by atoms with Gasteiger partial charge in [-0.25, -0.2) is 0 Å². The Morgan fingerprint density at radius 3 is 2.58 bits per heavy atom. The van der Waals surface area contributed by atoms with Gasteiger partial charge >= 0.3 is 5.92 Å². The summed E-state index contributed by atoms with van der Waals surface area (Å²) in [5.74, 6) is -4.25. The molecule has 0 saturated carbocycles. The summed E-state index contributed by atoms with van der Waals surface area (Å²) in [6.07, 6.45) is -0.136. The second-order valence-corrected chi connectivity index (χ2v) is 2.83. The van der Waals surface area contributed by atoms with E-state index in [4.69, 9.17) is 0 Å². The number of alkyl halides is 2. The fraction of sp³-hybridized carbons (Fsp3) is 0.222. The Labute approximate surface area is 68.0 Å². The number of hydrogen-bond donors (Lipinski definition) is 0. The minimum atomic E-state index is -3.25. The van der Waals surface area contributed by atoms with Crippen molar-refractivity contribution < 1.29 is 13.6 Å². The summed E-state index contributed by atoms with van der Waals surface area (Å²) in [6.45, 7) is 0. The number of rotatable bonds is 0. The van der Waals surface area contributed by atoms with Crippen LogP contribution in [0.3, 0.4) is 0 Å². The van der Waals surface area contributed by atoms with Crippen LogP contribution in [0.25, 0.3) is 0 Å². The lowest BCUT2D eigenvalue weighted by atomic mass is 10.1. The molecular formula is C9H6F2O. The Hall–Kier alpha value is -1.25. The van der Waals surface area contributed by atoms with Crippen LogP contribution in [0.1, 0.15) is 11.1 Å². The molecule has 0 amide bonds. The number of carbonyl (C=O) groups is 1. The van der Waals surface area contributed by atoms with Gasteiger partial charge in [-0.2, -0.15) is 8.78 Å². The monoisotopic (exact) mass is 168 g/mol. The molecule has 0 aromatic heterocycles. The maximum atomic E-state index is 13.0. The Morgan fingerprint density at radius 1 is 1.25 bits per heavy atom. The molecule has 2 rings (SSSR count). The molecule has 1 aliphatic rings. The van der Waals surface area contributed by atoms with Crippen LogP contribution in [0.5, 0.6) is 0 Å². The second-order valence-electron chi connectivity index (χ2n) is 2.83. The lowest BCUT2D eigenvalue weighted by Crippen LogP contribution is -2.19. The molecule has 1 aromatic rings. The van der Waals surface area contributed by atoms with Gasteiger partial charge in [0.25, 0.3) is 0 Å². The zero-order valence-electron chi connectivity index (χ0n) is 6.18. The molecule has 0 aliphatic heterocycles. The van der Waals surface area contributed by atoms with Gasteiger partial charge < -0.3 is 0 Å². The van der Waals surface area contributed by atoms with Crippen molar-refractivity contribution in [2.45, 2.75) is 12.3 Å². The first-order chi connectivity index (χ1) is 5.62. The van der Waals surface area contributed by atoms with Crippen molar-refractivity contribution in [3.8, 4) is 0 Å². The molecule has 0 bridgehead atoms. The third-order valence-corrected chi connectivity index (χ3v) is 2.06. The second kappa shape index (κ2) is 2.12. The Bertz CT molecular complexity index is 344. The van der Waals surface area contributed by atoms with Crippen molar-refractivity contribution in [3.63, 3.8) is 0 Å². The molecular weight excluding hydrogens is 162 g/mol. The molecule has 0 fully saturated rings. The summed E-state index contributed by atoms with van der Waals surface area (Å²) in [4.78, 5) is 10.8. The minimum absolute atomic E-state index is 0.130. The van der Waals surface area contributed by atoms with Crippen LogP contribution in [0, 0.1) is 0 Å². The van der Waals surface area contributed by atoms with Crippen LogP contribution in [-0.2, 0) is 17.1 Å². The standard InChI is InChI=1S/C9H6F2O/c10-9(11)7-4-2-1-3-6(7)5-8(9)12/h1-4H,5H2. The van der Waals surface area contributed by atoms with Gasteiger partial charge in [0, 0.05) is 12.0 Å². The highest BCUT2D eigenvalue weighted by molar-refractivity contribution is 5.93. The van der Waals surface area contributed by atoms with Gasteiger partial charge in [-0.15, -0.1) is 0 Å². The predicted octanol–water partition coefficient (Wildman–Crippen LogP) is 1.90. The molecule has 0 N–H and O–H groups in total. The smallest absolute Gasteiger partial charge is 0.292 e. The average molecular weight is 168 g/mol. The van der Waals surface area contributed by atoms with E-state index in [0.29, 0.717) is 5.56 Å². The average Bonchev–Trinajstić information content (AvgIpc) is 2.25. The van der Waals surface area contributed by atoms with E-state index in [9.17, 15) is 13.6 Å². The van der Waals surface area contributed by atoms with Gasteiger partial charge in [-0.3, -0.25) is 4.79 Å². The zero-order chi connectivity index (χ0) is 8.77. The van der Waals surface area contributed by atoms with Crippen LogP contribution in [0.4, 0.5) is 8.78 Å². The van der Waals surface area contributed by atoms with E-state index in [2.05, 4.69) is 0 Å². The van der Waals surface area contributed by atoms with Crippen molar-refractivity contribution in [2.24, 2.45) is 0 Å². The van der Waals surface area contributed by atoms with E-state index >= 15 is 0 Å². The van der Waals surface area contributed by atoms with Crippen molar-refractivity contribution >= 4 is 5.78 Å². The molecule has 0 spiro atoms. The third-order valence-electron chi connectivity index (χ3n) is 2.06. The Kier molecular flexibility index (Phi) is 1.31. The molecule has 0 unspecified atom stereocenters. The maximum Gasteiger partial charge on any atom is 0.331 e. The molecule has 3 heteroatoms. The molecule has 0 atom stereocenters. The summed E-state index contributed by atoms with van der Waals surface area (Å²) in [6, 6.07) is 6.05. The van der Waals surface area contributed by atoms with Crippen molar-refractivity contribution in [2.75, 3.05) is 0 Å². The van der Waals surface area contributed by atoms with Gasteiger partial charge in [-0.05, 0) is 5.56 Å². The first-order valence-corrected chi connectivity index (χ1v) is 3.62. The van der Waals surface area contributed by atoms with E-state index < -0.39 is 11.7 Å². The third kappa shape index (κ3) is 0.793. The molecule has 1 nitrogen and oxygen atoms in total. The summed E-state index contributed by atoms with van der Waals surface area (Å²) in [7, 11) is 0. The van der Waals surface area contributed by atoms with Gasteiger partial charge in [0.05, 0.1) is 0 Å². The van der Waals surface area contributed by atoms with Gasteiger partial charge in [0.15, 0.2) is 0 Å². The van der Waals surface area contributed by atoms with Crippen LogP contribution < -0.4 is 0 Å². The van der Waals surface area contributed by atoms with Crippen LogP contribution in [-0.4, -0.2) is 5.78 Å². The van der Waals surface area contributed by atoms with Crippen LogP contribution in [0.15, 0.2) is 24.3 Å². The molecule has 0 saturated heterocycles. The van der Waals surface area contributed by atoms with E-state index in [1.54, 1.807) is 12.1 Å². The number of halogens is 2. The minimum Gasteiger partial charge on any atom is -0.292 e. The summed E-state index contributed by atoms with van der Waals surface area (Å²) < 4.78 is 26.0. The van der Waals surface area contributed by atoms with Crippen LogP contribution >= 0.6 is 0 Å². The molecule has 12 heavy (non-hydrogen) atoms. The largest absolute Gasteiger partial charge is 0.331 e. The lowest BCUT2D eigenvalue weighted by Gasteiger charge is -2.06. The number of Topliss-reactive ketones (excluding diaryl/α,β-unsaturated/α-hetero) is 1. The maximum absolute atomic E-state index is 13.0. The first kappa shape index (κ1) is 7.40. The predicted molar refractivity (Wildman–Crippen MR) is 39.0 cm³/mol. The van der Waals surface area contributed by atoms with Crippen molar-refractivity contribution in [1.82, 2.24) is 0 Å². The number of benzene rings is 1. The van der Waals surface area contributed by atoms with E-state index in [1.165, 1.54) is 12.1 Å². The fourth-order valence-electron chi connectivity index (χ4n) is 1.41. The van der Waals surface area contributed by atoms with E-state index in [0.717, 1.165) is 0 Å². The van der Waals surface area contributed by atoms with E-state index in [-0.39, 0.29) is 12.0 Å². The topological polar surface area (TPSA) is 17.1 Å². The molecule has 0 heterocycles. The normalized spacial score (nSPS) is 19.3. The van der Waals surface area contributed by atoms with Gasteiger partial charge in [-0.1, -0.05) is 24.3 Å². The van der Waals surface area contributed by atoms with Gasteiger partial charge in [0.2, 0.25) is 5.78 Å². The quantitative estimate of drug-likeness (QED) is 0.578. The number of hydrogen-bond acceptors (Lipinski definition) is 1. The fourth-order valence-corrected chi connectivity index (χ4v) is 1.41. The number of ketones is 1. The summed E-state index contributed by atoms with van der Waals surface area (Å²) in [5, 5.41) is 0. The zero-order valence-corrected chi connectivity index (χ0v) is 6.18. The number of fused-ring (bicyclic) bond motifs is 1. The van der Waals surface area contributed by atoms with Crippen molar-refractivity contribution in [1.29, 1.82) is 0 Å². The summed E-state index contributed by atoms with van der Waals surface area (Å²) >= 11 is 0. The highest BCUT2D eigenvalue weighted by Crippen LogP contribution is 2.38. The highest BCUT2D eigenvalue weighted by Gasteiger charge is 2.47. The SMILES string of the molecule is O=C1Cc2ccccc2C1(F)F. The highest BCUT2D eigenvalue weighted by atomic mass is 19.3. The molecule has 1 aromatic carbocycles. The lowest BCUT2D eigenvalue weighted by molar-refractivity contribution is -0.141. The molecule has 1 aliphatic carbocycles. The van der Waals surface area contributed by atoms with Gasteiger partial charge in [0.1, 0.15) is 0 Å². The summed E-state index contributed by atoms with van der Waals surface area (Å²) in [5.41, 5.74) is 0.322. The molecule has 62 valence electrons. The first-order valence-electron chi connectivity index (χ1n) is 3.62. The molecule has 0 radical (unpaired) electrons.